The van der Waals surface area contributed by atoms with E-state index >= 15 is 0 Å². The molecule has 5 nitrogen and oxygen atoms in total. The van der Waals surface area contributed by atoms with Crippen LogP contribution in [-0.4, -0.2) is 22.2 Å². The Hall–Kier alpha value is -3.47. The molecule has 0 aliphatic carbocycles. The van der Waals surface area contributed by atoms with Gasteiger partial charge in [-0.2, -0.15) is 0 Å². The molecule has 5 rings (SSSR count). The van der Waals surface area contributed by atoms with E-state index in [2.05, 4.69) is 33.5 Å². The number of anilines is 1. The maximum atomic E-state index is 10.2. The zero-order chi connectivity index (χ0) is 18.5. The summed E-state index contributed by atoms with van der Waals surface area (Å²) in [6.45, 7) is 1.88. The van der Waals surface area contributed by atoms with Gasteiger partial charge in [-0.15, -0.1) is 0 Å². The lowest BCUT2D eigenvalue weighted by Gasteiger charge is -2.21. The van der Waals surface area contributed by atoms with Crippen molar-refractivity contribution in [3.05, 3.63) is 71.5 Å². The minimum absolute atomic E-state index is 0.0986. The number of rotatable bonds is 2. The maximum Gasteiger partial charge on any atom is 0.161 e. The van der Waals surface area contributed by atoms with Crippen LogP contribution in [0.4, 0.5) is 5.69 Å². The van der Waals surface area contributed by atoms with Gasteiger partial charge in [-0.3, -0.25) is 0 Å². The molecule has 1 atom stereocenters. The summed E-state index contributed by atoms with van der Waals surface area (Å²) >= 11 is 0. The third-order valence-electron chi connectivity index (χ3n) is 5.27. The van der Waals surface area contributed by atoms with E-state index in [9.17, 15) is 5.11 Å². The minimum atomic E-state index is -0.0986. The molecule has 0 amide bonds. The molecule has 5 heteroatoms. The van der Waals surface area contributed by atoms with Crippen LogP contribution in [-0.2, 0) is 0 Å². The molecule has 3 N–H and O–H groups in total. The summed E-state index contributed by atoms with van der Waals surface area (Å²) in [5, 5.41) is 15.0. The van der Waals surface area contributed by atoms with Gasteiger partial charge in [0.25, 0.3) is 0 Å². The predicted molar refractivity (Wildman–Crippen MR) is 106 cm³/mol. The fourth-order valence-electron chi connectivity index (χ4n) is 3.97. The Balaban J connectivity index is 1.81. The number of benzene rings is 2. The number of aromatic amines is 1. The van der Waals surface area contributed by atoms with Gasteiger partial charge in [0.2, 0.25) is 0 Å². The lowest BCUT2D eigenvalue weighted by molar-refractivity contribution is 0.371. The summed E-state index contributed by atoms with van der Waals surface area (Å²) in [6, 6.07) is 14.2. The molecule has 4 aromatic rings. The average molecular weight is 357 g/mol. The minimum Gasteiger partial charge on any atom is -0.504 e. The highest BCUT2D eigenvalue weighted by atomic mass is 16.5. The van der Waals surface area contributed by atoms with Crippen LogP contribution in [0.25, 0.3) is 22.2 Å². The summed E-state index contributed by atoms with van der Waals surface area (Å²) in [5.41, 5.74) is 7.16. The second-order valence-electron chi connectivity index (χ2n) is 6.84. The van der Waals surface area contributed by atoms with Crippen LogP contribution in [0.3, 0.4) is 0 Å². The van der Waals surface area contributed by atoms with Crippen LogP contribution < -0.4 is 10.1 Å². The molecule has 1 aliphatic heterocycles. The van der Waals surface area contributed by atoms with Gasteiger partial charge < -0.3 is 20.1 Å². The van der Waals surface area contributed by atoms with Crippen molar-refractivity contribution < 1.29 is 9.84 Å². The normalized spacial score (nSPS) is 15.1. The van der Waals surface area contributed by atoms with E-state index in [0.29, 0.717) is 5.75 Å². The van der Waals surface area contributed by atoms with E-state index in [1.165, 1.54) is 0 Å². The number of ether oxygens (including phenoxy) is 1. The number of hydrogen-bond donors (Lipinski definition) is 3. The molecule has 2 aromatic carbocycles. The van der Waals surface area contributed by atoms with Crippen LogP contribution in [0.2, 0.25) is 0 Å². The topological polar surface area (TPSA) is 70.2 Å². The molecule has 1 unspecified atom stereocenters. The van der Waals surface area contributed by atoms with Crippen molar-refractivity contribution in [2.75, 3.05) is 12.4 Å². The van der Waals surface area contributed by atoms with E-state index < -0.39 is 0 Å². The van der Waals surface area contributed by atoms with Crippen molar-refractivity contribution in [2.24, 2.45) is 0 Å². The van der Waals surface area contributed by atoms with E-state index in [0.717, 1.165) is 44.5 Å². The van der Waals surface area contributed by atoms with E-state index in [-0.39, 0.29) is 11.8 Å². The highest BCUT2D eigenvalue weighted by Gasteiger charge is 2.26. The first kappa shape index (κ1) is 15.8. The van der Waals surface area contributed by atoms with E-state index in [1.807, 2.05) is 43.6 Å². The van der Waals surface area contributed by atoms with Gasteiger partial charge >= 0.3 is 0 Å². The maximum absolute atomic E-state index is 10.2. The van der Waals surface area contributed by atoms with Crippen molar-refractivity contribution in [3.8, 4) is 22.6 Å². The summed E-state index contributed by atoms with van der Waals surface area (Å²) in [7, 11) is 1.57. The lowest BCUT2D eigenvalue weighted by Crippen LogP contribution is -2.12. The molecule has 0 saturated heterocycles. The molecule has 134 valence electrons. The molecule has 3 heterocycles. The van der Waals surface area contributed by atoms with Crippen molar-refractivity contribution in [1.29, 1.82) is 0 Å². The Morgan fingerprint density at radius 1 is 1.11 bits per heavy atom. The van der Waals surface area contributed by atoms with Gasteiger partial charge in [-0.05, 0) is 47.9 Å². The Bertz CT molecular complexity index is 1180. The highest BCUT2D eigenvalue weighted by Crippen LogP contribution is 2.44. The monoisotopic (exact) mass is 357 g/mol. The predicted octanol–water partition coefficient (Wildman–Crippen LogP) is 4.77. The zero-order valence-electron chi connectivity index (χ0n) is 15.1. The molecule has 2 aromatic heterocycles. The number of phenolic OH excluding ortho intramolecular Hbond substituents is 1. The smallest absolute Gasteiger partial charge is 0.161 e. The molecule has 27 heavy (non-hydrogen) atoms. The fraction of sp³-hybridized carbons (Fsp3) is 0.136. The fourth-order valence-corrected chi connectivity index (χ4v) is 3.97. The summed E-state index contributed by atoms with van der Waals surface area (Å²) in [6.07, 6.45) is 3.85. The number of H-pyrrole nitrogens is 1. The SMILES string of the molecule is COc1cc(C2Nc3ccccc3-c3ccnc4[nH]cc2c34)cc(C)c1O. The molecule has 0 fully saturated rings. The Morgan fingerprint density at radius 2 is 1.96 bits per heavy atom. The second kappa shape index (κ2) is 5.77. The van der Waals surface area contributed by atoms with Crippen molar-refractivity contribution in [3.63, 3.8) is 0 Å². The molecule has 0 spiro atoms. The number of hydrogen-bond acceptors (Lipinski definition) is 4. The Kier molecular flexibility index (Phi) is 3.37. The first-order valence-corrected chi connectivity index (χ1v) is 8.87. The molecular formula is C22H19N3O2. The van der Waals surface area contributed by atoms with Crippen molar-refractivity contribution >= 4 is 16.7 Å². The quantitative estimate of drug-likeness (QED) is 0.483. The zero-order valence-corrected chi connectivity index (χ0v) is 15.1. The number of nitrogens with zero attached hydrogens (tertiary/aromatic N) is 1. The van der Waals surface area contributed by atoms with Gasteiger partial charge in [0.05, 0.1) is 13.2 Å². The first-order valence-electron chi connectivity index (χ1n) is 8.87. The van der Waals surface area contributed by atoms with Crippen LogP contribution in [0, 0.1) is 6.92 Å². The van der Waals surface area contributed by atoms with Gasteiger partial charge in [0.1, 0.15) is 5.65 Å². The van der Waals surface area contributed by atoms with E-state index in [1.54, 1.807) is 7.11 Å². The number of pyridine rings is 1. The molecule has 0 bridgehead atoms. The summed E-state index contributed by atoms with van der Waals surface area (Å²) in [5.74, 6) is 0.652. The number of aromatic nitrogens is 2. The Morgan fingerprint density at radius 3 is 2.81 bits per heavy atom. The third kappa shape index (κ3) is 2.28. The average Bonchev–Trinajstić information content (AvgIpc) is 3.06. The number of aromatic hydroxyl groups is 1. The Labute approximate surface area is 156 Å². The second-order valence-corrected chi connectivity index (χ2v) is 6.84. The van der Waals surface area contributed by atoms with Gasteiger partial charge in [-0.1, -0.05) is 18.2 Å². The van der Waals surface area contributed by atoms with Crippen LogP contribution in [0.1, 0.15) is 22.7 Å². The summed E-state index contributed by atoms with van der Waals surface area (Å²) in [4.78, 5) is 7.81. The molecule has 0 radical (unpaired) electrons. The van der Waals surface area contributed by atoms with Crippen molar-refractivity contribution in [2.45, 2.75) is 13.0 Å². The lowest BCUT2D eigenvalue weighted by atomic mass is 9.95. The van der Waals surface area contributed by atoms with Crippen LogP contribution >= 0.6 is 0 Å². The first-order chi connectivity index (χ1) is 13.2. The van der Waals surface area contributed by atoms with Gasteiger partial charge in [0.15, 0.2) is 11.5 Å². The number of nitrogens with one attached hydrogen (secondary N) is 2. The molecule has 1 aliphatic rings. The molecule has 0 saturated carbocycles. The molecular weight excluding hydrogens is 338 g/mol. The number of para-hydroxylation sites is 1. The third-order valence-corrected chi connectivity index (χ3v) is 5.27. The van der Waals surface area contributed by atoms with E-state index in [4.69, 9.17) is 4.74 Å². The van der Waals surface area contributed by atoms with Gasteiger partial charge in [-0.25, -0.2) is 4.98 Å². The standard InChI is InChI=1S/C22H19N3O2/c1-12-9-13(10-18(27-2)21(12)26)20-16-11-24-22-19(16)15(7-8-23-22)14-5-3-4-6-17(14)25-20/h3-11,20,25-26H,1-2H3,(H,23,24). The summed E-state index contributed by atoms with van der Waals surface area (Å²) < 4.78 is 5.38. The number of phenols is 1. The number of methoxy groups -OCH3 is 1. The largest absolute Gasteiger partial charge is 0.504 e. The number of aryl methyl sites for hydroxylation is 1. The number of fused-ring (bicyclic) bond motifs is 2. The van der Waals surface area contributed by atoms with Gasteiger partial charge in [0, 0.05) is 34.6 Å². The van der Waals surface area contributed by atoms with Crippen molar-refractivity contribution in [1.82, 2.24) is 9.97 Å². The van der Waals surface area contributed by atoms with Crippen LogP contribution in [0.15, 0.2) is 54.9 Å². The van der Waals surface area contributed by atoms with Crippen LogP contribution in [0.5, 0.6) is 11.5 Å². The highest BCUT2D eigenvalue weighted by molar-refractivity contribution is 6.01.